The molecule has 3 rings (SSSR count). The van der Waals surface area contributed by atoms with Crippen LogP contribution in [0.3, 0.4) is 0 Å². The van der Waals surface area contributed by atoms with Gasteiger partial charge >= 0.3 is 0 Å². The molecule has 152 valence electrons. The van der Waals surface area contributed by atoms with Crippen LogP contribution in [0.5, 0.6) is 0 Å². The quantitative estimate of drug-likeness (QED) is 0.305. The van der Waals surface area contributed by atoms with E-state index in [-0.39, 0.29) is 5.91 Å². The number of pyridine rings is 1. The predicted octanol–water partition coefficient (Wildman–Crippen LogP) is 5.60. The SMILES string of the molecule is CN(CCCCI)c1c(NC(=O)c2ccccccccc2)cnc2c1CCC2. The molecule has 0 aliphatic heterocycles. The summed E-state index contributed by atoms with van der Waals surface area (Å²) in [6.07, 6.45) is 7.35. The highest BCUT2D eigenvalue weighted by atomic mass is 127. The summed E-state index contributed by atoms with van der Waals surface area (Å²) in [7, 11) is 2.12. The third kappa shape index (κ3) is 5.92. The van der Waals surface area contributed by atoms with Gasteiger partial charge in [0.05, 0.1) is 17.6 Å². The van der Waals surface area contributed by atoms with Crippen LogP contribution in [0.15, 0.2) is 60.8 Å². The number of anilines is 2. The van der Waals surface area contributed by atoms with Gasteiger partial charge in [0.1, 0.15) is 0 Å². The van der Waals surface area contributed by atoms with Crippen LogP contribution >= 0.6 is 22.6 Å². The highest BCUT2D eigenvalue weighted by Crippen LogP contribution is 2.36. The highest BCUT2D eigenvalue weighted by Gasteiger charge is 2.22. The lowest BCUT2D eigenvalue weighted by Crippen LogP contribution is -2.23. The van der Waals surface area contributed by atoms with E-state index in [2.05, 4.69) is 44.8 Å². The van der Waals surface area contributed by atoms with E-state index in [1.807, 2.05) is 60.8 Å². The van der Waals surface area contributed by atoms with Crippen LogP contribution in [0.1, 0.15) is 40.9 Å². The van der Waals surface area contributed by atoms with Crippen LogP contribution in [-0.2, 0) is 12.8 Å². The number of hydrogen-bond donors (Lipinski definition) is 1. The molecule has 0 spiro atoms. The standard InChI is InChI=1S/C24H28IN3O/c1-28(17-10-9-16-25)23-20-14-11-15-21(20)26-18-22(23)27-24(29)19-12-7-5-3-2-4-6-8-13-19/h2-8,12-13,18H,9-11,14-17H2,1H3,(H,27,29). The molecule has 1 heterocycles. The smallest absolute Gasteiger partial charge is 0.255 e. The molecule has 0 unspecified atom stereocenters. The molecule has 0 radical (unpaired) electrons. The molecule has 4 nitrogen and oxygen atoms in total. The molecule has 2 aromatic rings. The first-order chi connectivity index (χ1) is 14.2. The number of nitrogens with one attached hydrogen (secondary N) is 1. The number of hydrogen-bond acceptors (Lipinski definition) is 3. The first-order valence-corrected chi connectivity index (χ1v) is 11.7. The number of alkyl halides is 1. The Kier molecular flexibility index (Phi) is 8.28. The second-order valence-corrected chi connectivity index (χ2v) is 8.29. The van der Waals surface area contributed by atoms with Gasteiger partial charge in [-0.05, 0) is 54.2 Å². The number of aromatic nitrogens is 1. The Morgan fingerprint density at radius 2 is 1.76 bits per heavy atom. The fraction of sp³-hybridized carbons (Fsp3) is 0.333. The Morgan fingerprint density at radius 1 is 1.07 bits per heavy atom. The van der Waals surface area contributed by atoms with Crippen LogP contribution in [0.4, 0.5) is 11.4 Å². The summed E-state index contributed by atoms with van der Waals surface area (Å²) < 4.78 is 1.17. The summed E-state index contributed by atoms with van der Waals surface area (Å²) in [5, 5.41) is 3.13. The van der Waals surface area contributed by atoms with E-state index in [1.54, 1.807) is 0 Å². The molecule has 1 amide bonds. The lowest BCUT2D eigenvalue weighted by Gasteiger charge is -2.25. The number of unbranched alkanes of at least 4 members (excludes halogenated alkanes) is 1. The summed E-state index contributed by atoms with van der Waals surface area (Å²) in [6, 6.07) is 17.1. The minimum Gasteiger partial charge on any atom is -0.373 e. The lowest BCUT2D eigenvalue weighted by atomic mass is 10.1. The van der Waals surface area contributed by atoms with Crippen LogP contribution in [0, 0.1) is 0 Å². The molecule has 0 fully saturated rings. The molecule has 0 bridgehead atoms. The topological polar surface area (TPSA) is 45.2 Å². The minimum atomic E-state index is -0.120. The van der Waals surface area contributed by atoms with Gasteiger partial charge < -0.3 is 10.2 Å². The van der Waals surface area contributed by atoms with Gasteiger partial charge in [-0.1, -0.05) is 65.1 Å². The summed E-state index contributed by atoms with van der Waals surface area (Å²) in [4.78, 5) is 19.9. The molecular weight excluding hydrogens is 473 g/mol. The number of rotatable bonds is 7. The van der Waals surface area contributed by atoms with Crippen molar-refractivity contribution in [2.75, 3.05) is 28.2 Å². The zero-order chi connectivity index (χ0) is 20.5. The zero-order valence-corrected chi connectivity index (χ0v) is 19.1. The van der Waals surface area contributed by atoms with Gasteiger partial charge in [-0.3, -0.25) is 9.78 Å². The minimum absolute atomic E-state index is 0.120. The Hall–Kier alpha value is -2.15. The second kappa shape index (κ2) is 11.1. The molecule has 1 aromatic heterocycles. The molecule has 5 heteroatoms. The van der Waals surface area contributed by atoms with Crippen molar-refractivity contribution in [2.45, 2.75) is 32.1 Å². The molecule has 1 aliphatic rings. The molecule has 0 saturated carbocycles. The van der Waals surface area contributed by atoms with Crippen molar-refractivity contribution in [3.05, 3.63) is 77.6 Å². The summed E-state index contributed by atoms with van der Waals surface area (Å²) >= 11 is 2.42. The van der Waals surface area contributed by atoms with Gasteiger partial charge in [0.15, 0.2) is 0 Å². The monoisotopic (exact) mass is 501 g/mol. The lowest BCUT2D eigenvalue weighted by molar-refractivity contribution is 0.102. The van der Waals surface area contributed by atoms with Crippen molar-refractivity contribution in [3.8, 4) is 0 Å². The van der Waals surface area contributed by atoms with Gasteiger partial charge in [-0.15, -0.1) is 0 Å². The van der Waals surface area contributed by atoms with Crippen LogP contribution in [0.2, 0.25) is 0 Å². The number of halogens is 1. The van der Waals surface area contributed by atoms with Gasteiger partial charge in [0, 0.05) is 24.8 Å². The number of carbonyl (C=O) groups is 1. The van der Waals surface area contributed by atoms with E-state index >= 15 is 0 Å². The molecule has 0 atom stereocenters. The third-order valence-corrected chi connectivity index (χ3v) is 5.83. The maximum atomic E-state index is 13.0. The van der Waals surface area contributed by atoms with Crippen molar-refractivity contribution in [3.63, 3.8) is 0 Å². The second-order valence-electron chi connectivity index (χ2n) is 7.21. The predicted molar refractivity (Wildman–Crippen MR) is 130 cm³/mol. The Morgan fingerprint density at radius 3 is 2.45 bits per heavy atom. The van der Waals surface area contributed by atoms with E-state index in [4.69, 9.17) is 0 Å². The Labute approximate surface area is 187 Å². The van der Waals surface area contributed by atoms with E-state index in [9.17, 15) is 4.79 Å². The summed E-state index contributed by atoms with van der Waals surface area (Å²) in [5.74, 6) is -0.120. The van der Waals surface area contributed by atoms with E-state index in [0.29, 0.717) is 5.56 Å². The fourth-order valence-electron chi connectivity index (χ4n) is 3.61. The Bertz CT molecular complexity index is 874. The molecule has 1 aliphatic carbocycles. The third-order valence-electron chi connectivity index (χ3n) is 5.07. The van der Waals surface area contributed by atoms with E-state index in [0.717, 1.165) is 43.6 Å². The maximum Gasteiger partial charge on any atom is 0.255 e. The molecular formula is C24H28IN3O. The average Bonchev–Trinajstić information content (AvgIpc) is 3.20. The van der Waals surface area contributed by atoms with Gasteiger partial charge in [-0.25, -0.2) is 0 Å². The summed E-state index contributed by atoms with van der Waals surface area (Å²) in [5.41, 5.74) is 5.02. The fourth-order valence-corrected chi connectivity index (χ4v) is 4.15. The van der Waals surface area contributed by atoms with Crippen LogP contribution in [-0.4, -0.2) is 28.9 Å². The van der Waals surface area contributed by atoms with E-state index in [1.165, 1.54) is 22.1 Å². The number of nitrogens with zero attached hydrogens (tertiary/aromatic N) is 2. The zero-order valence-electron chi connectivity index (χ0n) is 16.9. The average molecular weight is 501 g/mol. The van der Waals surface area contributed by atoms with Crippen molar-refractivity contribution in [1.29, 1.82) is 0 Å². The maximum absolute atomic E-state index is 13.0. The van der Waals surface area contributed by atoms with Crippen LogP contribution in [0.25, 0.3) is 0 Å². The summed E-state index contributed by atoms with van der Waals surface area (Å²) in [6.45, 7) is 0.977. The van der Waals surface area contributed by atoms with Crippen molar-refractivity contribution >= 4 is 39.9 Å². The first kappa shape index (κ1) is 21.6. The number of amides is 1. The molecule has 0 saturated heterocycles. The van der Waals surface area contributed by atoms with Crippen molar-refractivity contribution in [2.24, 2.45) is 0 Å². The van der Waals surface area contributed by atoms with Crippen molar-refractivity contribution < 1.29 is 4.79 Å². The van der Waals surface area contributed by atoms with Gasteiger partial charge in [-0.2, -0.15) is 0 Å². The number of fused-ring (bicyclic) bond motifs is 1. The normalized spacial score (nSPS) is 12.1. The number of aryl methyl sites for hydroxylation is 1. The van der Waals surface area contributed by atoms with Crippen molar-refractivity contribution in [1.82, 2.24) is 4.98 Å². The Balaban J connectivity index is 1.90. The number of carbonyl (C=O) groups excluding carboxylic acids is 1. The van der Waals surface area contributed by atoms with Gasteiger partial charge in [0.25, 0.3) is 5.91 Å². The highest BCUT2D eigenvalue weighted by molar-refractivity contribution is 14.1. The first-order valence-electron chi connectivity index (χ1n) is 10.2. The molecule has 1 aromatic carbocycles. The molecule has 1 N–H and O–H groups in total. The molecule has 29 heavy (non-hydrogen) atoms. The van der Waals surface area contributed by atoms with E-state index < -0.39 is 0 Å². The van der Waals surface area contributed by atoms with Gasteiger partial charge in [0.2, 0.25) is 0 Å². The van der Waals surface area contributed by atoms with Crippen LogP contribution < -0.4 is 10.2 Å². The largest absolute Gasteiger partial charge is 0.373 e.